The highest BCUT2D eigenvalue weighted by atomic mass is 127. The summed E-state index contributed by atoms with van der Waals surface area (Å²) in [5.41, 5.74) is 0. The maximum atomic E-state index is 5.93. The molecule has 2 aliphatic heterocycles. The van der Waals surface area contributed by atoms with Crippen LogP contribution in [0.15, 0.2) is 0 Å². The number of fused-ring (bicyclic) bond motifs is 2. The second-order valence-corrected chi connectivity index (χ2v) is 6.60. The van der Waals surface area contributed by atoms with E-state index in [-0.39, 0.29) is 0 Å². The lowest BCUT2D eigenvalue weighted by Crippen LogP contribution is -2.44. The molecule has 2 saturated heterocycles. The topological polar surface area (TPSA) is 9.23 Å². The van der Waals surface area contributed by atoms with Crippen molar-refractivity contribution in [2.45, 2.75) is 45.7 Å². The summed E-state index contributed by atoms with van der Waals surface area (Å²) in [7, 11) is 0. The van der Waals surface area contributed by atoms with Crippen LogP contribution in [-0.4, -0.2) is 20.1 Å². The normalized spacial score (nSPS) is 50.7. The molecule has 0 amide bonds. The number of ether oxygens (including phenoxy) is 1. The summed E-state index contributed by atoms with van der Waals surface area (Å²) in [5, 5.41) is 0. The molecule has 2 fully saturated rings. The van der Waals surface area contributed by atoms with Crippen LogP contribution < -0.4 is 0 Å². The highest BCUT2D eigenvalue weighted by molar-refractivity contribution is 14.1. The molecule has 11 heavy (non-hydrogen) atoms. The van der Waals surface area contributed by atoms with Crippen LogP contribution in [0.3, 0.4) is 0 Å². The van der Waals surface area contributed by atoms with Gasteiger partial charge in [-0.2, -0.15) is 0 Å². The first-order chi connectivity index (χ1) is 5.27. The van der Waals surface area contributed by atoms with Crippen molar-refractivity contribution in [3.8, 4) is 0 Å². The molecule has 64 valence electrons. The fourth-order valence-corrected chi connectivity index (χ4v) is 3.69. The van der Waals surface area contributed by atoms with Gasteiger partial charge in [0.1, 0.15) is 0 Å². The van der Waals surface area contributed by atoms with Gasteiger partial charge in [-0.1, -0.05) is 45.2 Å². The molecule has 4 atom stereocenters. The number of alkyl halides is 2. The molecule has 0 radical (unpaired) electrons. The third-order valence-electron chi connectivity index (χ3n) is 2.61. The average Bonchev–Trinajstić information content (AvgIpc) is 2.02. The van der Waals surface area contributed by atoms with Gasteiger partial charge >= 0.3 is 0 Å². The Kier molecular flexibility index (Phi) is 2.99. The Bertz CT molecular complexity index is 135. The Morgan fingerprint density at radius 3 is 1.73 bits per heavy atom. The number of hydrogen-bond acceptors (Lipinski definition) is 1. The third-order valence-corrected chi connectivity index (χ3v) is 5.46. The summed E-state index contributed by atoms with van der Waals surface area (Å²) in [4.78, 5) is 0. The predicted molar refractivity (Wildman–Crippen MR) is 62.7 cm³/mol. The molecule has 2 aliphatic rings. The molecule has 0 aliphatic carbocycles. The fraction of sp³-hybridized carbons (Fsp3) is 1.00. The van der Waals surface area contributed by atoms with Gasteiger partial charge in [0.15, 0.2) is 0 Å². The van der Waals surface area contributed by atoms with Crippen LogP contribution in [0.4, 0.5) is 0 Å². The van der Waals surface area contributed by atoms with E-state index in [1.54, 1.807) is 0 Å². The van der Waals surface area contributed by atoms with Crippen molar-refractivity contribution in [2.24, 2.45) is 0 Å². The predicted octanol–water partition coefficient (Wildman–Crippen LogP) is 2.94. The average molecular weight is 378 g/mol. The standard InChI is InChI=1S/C8H12I2O/c9-5-1-3-7-6(10)2-4-8(5)11-7/h5-8H,1-4H2/t5-,6+,7-,8-/m1/s1. The van der Waals surface area contributed by atoms with Crippen molar-refractivity contribution in [3.63, 3.8) is 0 Å². The van der Waals surface area contributed by atoms with Gasteiger partial charge in [-0.15, -0.1) is 0 Å². The number of hydrogen-bond donors (Lipinski definition) is 0. The van der Waals surface area contributed by atoms with Gasteiger partial charge in [-0.05, 0) is 25.7 Å². The first-order valence-corrected chi connectivity index (χ1v) is 6.70. The molecule has 1 nitrogen and oxygen atoms in total. The molecule has 2 rings (SSSR count). The molecule has 0 aromatic carbocycles. The minimum absolute atomic E-state index is 0.584. The highest BCUT2D eigenvalue weighted by Crippen LogP contribution is 2.37. The molecular weight excluding hydrogens is 366 g/mol. The maximum absolute atomic E-state index is 5.93. The van der Waals surface area contributed by atoms with E-state index >= 15 is 0 Å². The number of rotatable bonds is 0. The van der Waals surface area contributed by atoms with Gasteiger partial charge < -0.3 is 4.74 Å². The van der Waals surface area contributed by atoms with E-state index in [9.17, 15) is 0 Å². The quantitative estimate of drug-likeness (QED) is 0.466. The van der Waals surface area contributed by atoms with Gasteiger partial charge in [-0.25, -0.2) is 0 Å². The van der Waals surface area contributed by atoms with Crippen LogP contribution in [0.2, 0.25) is 0 Å². The van der Waals surface area contributed by atoms with E-state index in [1.165, 1.54) is 25.7 Å². The first kappa shape index (κ1) is 8.99. The van der Waals surface area contributed by atoms with Gasteiger partial charge in [0.2, 0.25) is 0 Å². The minimum Gasteiger partial charge on any atom is -0.373 e. The Labute approximate surface area is 94.9 Å². The molecule has 2 heterocycles. The van der Waals surface area contributed by atoms with Crippen LogP contribution in [0.5, 0.6) is 0 Å². The Hall–Kier alpha value is 1.42. The van der Waals surface area contributed by atoms with Crippen molar-refractivity contribution in [2.75, 3.05) is 0 Å². The second-order valence-electron chi connectivity index (χ2n) is 3.40. The summed E-state index contributed by atoms with van der Waals surface area (Å²) in [5.74, 6) is 0. The zero-order valence-electron chi connectivity index (χ0n) is 6.30. The summed E-state index contributed by atoms with van der Waals surface area (Å²) in [6, 6.07) is 0. The van der Waals surface area contributed by atoms with E-state index < -0.39 is 0 Å². The van der Waals surface area contributed by atoms with Crippen LogP contribution in [0.1, 0.15) is 25.7 Å². The van der Waals surface area contributed by atoms with Gasteiger partial charge in [0.05, 0.1) is 12.2 Å². The molecule has 0 aromatic heterocycles. The summed E-state index contributed by atoms with van der Waals surface area (Å²) < 4.78 is 7.50. The lowest BCUT2D eigenvalue weighted by Gasteiger charge is -2.41. The summed E-state index contributed by atoms with van der Waals surface area (Å²) in [6.07, 6.45) is 6.49. The second kappa shape index (κ2) is 3.65. The number of halogens is 2. The smallest absolute Gasteiger partial charge is 0.0697 e. The molecule has 0 aromatic rings. The molecule has 0 unspecified atom stereocenters. The first-order valence-electron chi connectivity index (χ1n) is 4.21. The van der Waals surface area contributed by atoms with E-state index in [0.717, 1.165) is 7.85 Å². The third kappa shape index (κ3) is 1.85. The monoisotopic (exact) mass is 378 g/mol. The van der Waals surface area contributed by atoms with Crippen LogP contribution in [0, 0.1) is 0 Å². The Morgan fingerprint density at radius 1 is 0.818 bits per heavy atom. The highest BCUT2D eigenvalue weighted by Gasteiger charge is 2.36. The van der Waals surface area contributed by atoms with Crippen molar-refractivity contribution in [1.29, 1.82) is 0 Å². The molecule has 3 heteroatoms. The van der Waals surface area contributed by atoms with Gasteiger partial charge in [-0.3, -0.25) is 0 Å². The van der Waals surface area contributed by atoms with Crippen LogP contribution >= 0.6 is 45.2 Å². The maximum Gasteiger partial charge on any atom is 0.0697 e. The van der Waals surface area contributed by atoms with E-state index in [1.807, 2.05) is 0 Å². The van der Waals surface area contributed by atoms with Crippen molar-refractivity contribution in [3.05, 3.63) is 0 Å². The van der Waals surface area contributed by atoms with E-state index in [0.29, 0.717) is 12.2 Å². The zero-order chi connectivity index (χ0) is 7.84. The van der Waals surface area contributed by atoms with Crippen molar-refractivity contribution < 1.29 is 4.74 Å². The minimum atomic E-state index is 0.584. The molecule has 0 saturated carbocycles. The summed E-state index contributed by atoms with van der Waals surface area (Å²) in [6.45, 7) is 0. The SMILES string of the molecule is I[C@@H]1CC[C@H]2O[C@@H]1CC[C@@H]2I. The Morgan fingerprint density at radius 2 is 1.27 bits per heavy atom. The van der Waals surface area contributed by atoms with Crippen molar-refractivity contribution in [1.82, 2.24) is 0 Å². The van der Waals surface area contributed by atoms with E-state index in [2.05, 4.69) is 45.2 Å². The molecular formula is C8H12I2O. The molecule has 0 spiro atoms. The summed E-state index contributed by atoms with van der Waals surface area (Å²) >= 11 is 5.08. The lowest BCUT2D eigenvalue weighted by molar-refractivity contribution is -0.0686. The molecule has 2 bridgehead atoms. The fourth-order valence-electron chi connectivity index (χ4n) is 1.91. The van der Waals surface area contributed by atoms with Crippen LogP contribution in [0.25, 0.3) is 0 Å². The van der Waals surface area contributed by atoms with E-state index in [4.69, 9.17) is 4.74 Å². The largest absolute Gasteiger partial charge is 0.373 e. The van der Waals surface area contributed by atoms with Crippen molar-refractivity contribution >= 4 is 45.2 Å². The van der Waals surface area contributed by atoms with Gasteiger partial charge in [0, 0.05) is 7.85 Å². The Balaban J connectivity index is 2.02. The molecule has 0 N–H and O–H groups in total. The van der Waals surface area contributed by atoms with Gasteiger partial charge in [0.25, 0.3) is 0 Å². The van der Waals surface area contributed by atoms with Crippen LogP contribution in [-0.2, 0) is 4.74 Å². The lowest BCUT2D eigenvalue weighted by atomic mass is 9.92. The zero-order valence-corrected chi connectivity index (χ0v) is 10.6.